The molecule has 1 N–H and O–H groups in total. The van der Waals surface area contributed by atoms with Crippen LogP contribution >= 0.6 is 0 Å². The highest BCUT2D eigenvalue weighted by Crippen LogP contribution is 2.41. The maximum absolute atomic E-state index is 4.86. The van der Waals surface area contributed by atoms with Crippen molar-refractivity contribution in [2.24, 2.45) is 0 Å². The summed E-state index contributed by atoms with van der Waals surface area (Å²) in [6.07, 6.45) is 6.50. The third-order valence-electron chi connectivity index (χ3n) is 6.55. The Morgan fingerprint density at radius 1 is 1.07 bits per heavy atom. The van der Waals surface area contributed by atoms with Gasteiger partial charge in [0.1, 0.15) is 11.5 Å². The van der Waals surface area contributed by atoms with E-state index in [0.717, 1.165) is 36.7 Å². The Morgan fingerprint density at radius 2 is 1.86 bits per heavy atom. The molecule has 0 amide bonds. The van der Waals surface area contributed by atoms with Crippen molar-refractivity contribution in [3.8, 4) is 11.3 Å². The molecular formula is C22H30N6. The van der Waals surface area contributed by atoms with E-state index >= 15 is 0 Å². The molecule has 6 heteroatoms. The van der Waals surface area contributed by atoms with Crippen LogP contribution in [0.25, 0.3) is 22.2 Å². The number of likely N-dealkylation sites (tertiary alicyclic amines) is 1. The number of aromatic nitrogens is 4. The fourth-order valence-electron chi connectivity index (χ4n) is 4.96. The zero-order valence-corrected chi connectivity index (χ0v) is 17.3. The van der Waals surface area contributed by atoms with Crippen LogP contribution in [-0.4, -0.2) is 49.8 Å². The number of nitrogens with one attached hydrogen (secondary N) is 1. The lowest BCUT2D eigenvalue weighted by atomic mass is 10.0. The van der Waals surface area contributed by atoms with Crippen LogP contribution in [0.15, 0.2) is 24.5 Å². The highest BCUT2D eigenvalue weighted by Gasteiger charge is 2.33. The number of fused-ring (bicyclic) bond motifs is 2. The van der Waals surface area contributed by atoms with Crippen molar-refractivity contribution in [3.63, 3.8) is 0 Å². The van der Waals surface area contributed by atoms with Gasteiger partial charge in [-0.15, -0.1) is 0 Å². The Balaban J connectivity index is 1.61. The zero-order valence-electron chi connectivity index (χ0n) is 17.3. The first-order valence-electron chi connectivity index (χ1n) is 10.6. The van der Waals surface area contributed by atoms with Crippen LogP contribution in [0.5, 0.6) is 0 Å². The fraction of sp³-hybridized carbons (Fsp3) is 0.545. The van der Waals surface area contributed by atoms with E-state index in [1.807, 2.05) is 12.3 Å². The van der Waals surface area contributed by atoms with Gasteiger partial charge in [0.15, 0.2) is 0 Å². The first-order valence-corrected chi connectivity index (χ1v) is 10.6. The second-order valence-electron chi connectivity index (χ2n) is 8.80. The van der Waals surface area contributed by atoms with Crippen LogP contribution < -0.4 is 4.90 Å². The molecule has 3 aromatic rings. The second-order valence-corrected chi connectivity index (χ2v) is 8.80. The molecular weight excluding hydrogens is 348 g/mol. The smallest absolute Gasteiger partial charge is 0.140 e. The van der Waals surface area contributed by atoms with Crippen LogP contribution in [-0.2, 0) is 6.54 Å². The maximum Gasteiger partial charge on any atom is 0.140 e. The minimum atomic E-state index is 0.428. The van der Waals surface area contributed by atoms with Crippen LogP contribution in [0.3, 0.4) is 0 Å². The average Bonchev–Trinajstić information content (AvgIpc) is 3.26. The van der Waals surface area contributed by atoms with Gasteiger partial charge < -0.3 is 14.4 Å². The molecule has 0 atom stereocenters. The van der Waals surface area contributed by atoms with Crippen LogP contribution in [0.4, 0.5) is 5.82 Å². The highest BCUT2D eigenvalue weighted by atomic mass is 15.3. The lowest BCUT2D eigenvalue weighted by Gasteiger charge is -2.40. The van der Waals surface area contributed by atoms with Crippen molar-refractivity contribution < 1.29 is 0 Å². The molecule has 0 aliphatic carbocycles. The summed E-state index contributed by atoms with van der Waals surface area (Å²) in [6, 6.07) is 5.83. The molecule has 3 aromatic heterocycles. The number of pyridine rings is 1. The molecule has 0 aromatic carbocycles. The molecule has 28 heavy (non-hydrogen) atoms. The molecule has 0 saturated carbocycles. The highest BCUT2D eigenvalue weighted by molar-refractivity contribution is 6.02. The van der Waals surface area contributed by atoms with E-state index in [9.17, 15) is 0 Å². The van der Waals surface area contributed by atoms with E-state index < -0.39 is 0 Å². The summed E-state index contributed by atoms with van der Waals surface area (Å²) >= 11 is 0. The van der Waals surface area contributed by atoms with Gasteiger partial charge in [-0.2, -0.15) is 5.10 Å². The molecule has 1 saturated heterocycles. The Labute approximate surface area is 166 Å². The molecule has 0 bridgehead atoms. The first kappa shape index (κ1) is 17.7. The minimum Gasteiger partial charge on any atom is -0.347 e. The molecule has 6 nitrogen and oxygen atoms in total. The van der Waals surface area contributed by atoms with Crippen molar-refractivity contribution in [1.29, 1.82) is 0 Å². The Hall–Kier alpha value is -2.34. The van der Waals surface area contributed by atoms with E-state index in [1.165, 1.54) is 29.5 Å². The summed E-state index contributed by atoms with van der Waals surface area (Å²) in [7, 11) is 0. The first-order chi connectivity index (χ1) is 13.5. The number of piperidine rings is 1. The standard InChI is InChI=1S/C22H30N6/c1-14(2)26-10-6-16(7-11-26)28-13-19-17(8-12-27(19)15(3)4)21-20-18(24-25-21)5-9-23-22(20)28/h5,8-9,12,14-16H,6-7,10-11,13H2,1-4H3,(H,24,25). The zero-order chi connectivity index (χ0) is 19.4. The second kappa shape index (κ2) is 6.62. The summed E-state index contributed by atoms with van der Waals surface area (Å²) in [5.41, 5.74) is 4.73. The SMILES string of the molecule is CC(C)N1CCC(N2Cc3c(ccn3C(C)C)-c3n[nH]c4ccnc2c34)CC1. The molecule has 2 aliphatic heterocycles. The predicted octanol–water partition coefficient (Wildman–Crippen LogP) is 4.20. The van der Waals surface area contributed by atoms with Gasteiger partial charge >= 0.3 is 0 Å². The number of aromatic amines is 1. The fourth-order valence-corrected chi connectivity index (χ4v) is 4.96. The number of hydrogen-bond acceptors (Lipinski definition) is 4. The normalized spacial score (nSPS) is 18.3. The van der Waals surface area contributed by atoms with Gasteiger partial charge in [0.25, 0.3) is 0 Å². The van der Waals surface area contributed by atoms with Gasteiger partial charge in [-0.25, -0.2) is 4.98 Å². The van der Waals surface area contributed by atoms with Crippen molar-refractivity contribution in [1.82, 2.24) is 24.6 Å². The van der Waals surface area contributed by atoms with Crippen molar-refractivity contribution >= 4 is 16.7 Å². The number of hydrogen-bond donors (Lipinski definition) is 1. The van der Waals surface area contributed by atoms with E-state index in [0.29, 0.717) is 18.1 Å². The Bertz CT molecular complexity index is 990. The van der Waals surface area contributed by atoms with Crippen molar-refractivity contribution in [2.45, 2.75) is 65.2 Å². The predicted molar refractivity (Wildman–Crippen MR) is 114 cm³/mol. The number of rotatable bonds is 3. The third-order valence-corrected chi connectivity index (χ3v) is 6.55. The monoisotopic (exact) mass is 378 g/mol. The molecule has 0 spiro atoms. The van der Waals surface area contributed by atoms with Crippen LogP contribution in [0.2, 0.25) is 0 Å². The molecule has 0 unspecified atom stereocenters. The number of H-pyrrole nitrogens is 1. The largest absolute Gasteiger partial charge is 0.347 e. The van der Waals surface area contributed by atoms with Crippen LogP contribution in [0, 0.1) is 0 Å². The van der Waals surface area contributed by atoms with Gasteiger partial charge in [0, 0.05) is 54.9 Å². The van der Waals surface area contributed by atoms with Gasteiger partial charge in [-0.05, 0) is 52.7 Å². The lowest BCUT2D eigenvalue weighted by molar-refractivity contribution is 0.169. The summed E-state index contributed by atoms with van der Waals surface area (Å²) < 4.78 is 2.40. The summed E-state index contributed by atoms with van der Waals surface area (Å²) in [4.78, 5) is 10.0. The van der Waals surface area contributed by atoms with Gasteiger partial charge in [0.2, 0.25) is 0 Å². The summed E-state index contributed by atoms with van der Waals surface area (Å²) in [6.45, 7) is 12.3. The van der Waals surface area contributed by atoms with Crippen LogP contribution in [0.1, 0.15) is 52.3 Å². The van der Waals surface area contributed by atoms with E-state index in [4.69, 9.17) is 10.1 Å². The molecule has 1 fully saturated rings. The van der Waals surface area contributed by atoms with Gasteiger partial charge in [-0.3, -0.25) is 5.10 Å². The van der Waals surface area contributed by atoms with Gasteiger partial charge in [0.05, 0.1) is 17.4 Å². The number of anilines is 1. The van der Waals surface area contributed by atoms with E-state index in [2.05, 4.69) is 59.4 Å². The average molecular weight is 379 g/mol. The van der Waals surface area contributed by atoms with Crippen molar-refractivity contribution in [3.05, 3.63) is 30.2 Å². The molecule has 2 aliphatic rings. The van der Waals surface area contributed by atoms with Gasteiger partial charge in [-0.1, -0.05) is 0 Å². The van der Waals surface area contributed by atoms with E-state index in [-0.39, 0.29) is 0 Å². The Morgan fingerprint density at radius 3 is 2.57 bits per heavy atom. The third kappa shape index (κ3) is 2.65. The Kier molecular flexibility index (Phi) is 4.19. The van der Waals surface area contributed by atoms with E-state index in [1.54, 1.807) is 0 Å². The summed E-state index contributed by atoms with van der Waals surface area (Å²) in [5.74, 6) is 1.09. The summed E-state index contributed by atoms with van der Waals surface area (Å²) in [5, 5.41) is 9.11. The molecule has 5 rings (SSSR count). The molecule has 0 radical (unpaired) electrons. The lowest BCUT2D eigenvalue weighted by Crippen LogP contribution is -2.47. The molecule has 148 valence electrons. The van der Waals surface area contributed by atoms with Crippen molar-refractivity contribution in [2.75, 3.05) is 18.0 Å². The maximum atomic E-state index is 4.86. The number of nitrogens with zero attached hydrogens (tertiary/aromatic N) is 5. The topological polar surface area (TPSA) is 53.0 Å². The quantitative estimate of drug-likeness (QED) is 0.742. The molecule has 5 heterocycles. The minimum absolute atomic E-state index is 0.428.